The summed E-state index contributed by atoms with van der Waals surface area (Å²) >= 11 is 0. The van der Waals surface area contributed by atoms with Crippen molar-refractivity contribution in [3.63, 3.8) is 0 Å². The third-order valence-corrected chi connectivity index (χ3v) is 2.19. The summed E-state index contributed by atoms with van der Waals surface area (Å²) in [6.07, 6.45) is 2.83. The number of nitrogens with zero attached hydrogens (tertiary/aromatic N) is 1. The van der Waals surface area contributed by atoms with Gasteiger partial charge < -0.3 is 10.1 Å². The molecule has 0 heterocycles. The number of esters is 1. The Morgan fingerprint density at radius 1 is 1.56 bits per heavy atom. The summed E-state index contributed by atoms with van der Waals surface area (Å²) in [5, 5.41) is 13.5. The Morgan fingerprint density at radius 3 is 2.83 bits per heavy atom. The average molecular weight is 250 g/mol. The highest BCUT2D eigenvalue weighted by atomic mass is 16.6. The first-order valence-electron chi connectivity index (χ1n) is 5.39. The number of anilines is 1. The molecule has 96 valence electrons. The maximum Gasteiger partial charge on any atom is 0.330 e. The van der Waals surface area contributed by atoms with E-state index >= 15 is 0 Å². The lowest BCUT2D eigenvalue weighted by atomic mass is 10.1. The van der Waals surface area contributed by atoms with E-state index in [2.05, 4.69) is 5.32 Å². The number of hydrogen-bond donors (Lipinski definition) is 1. The number of rotatable bonds is 5. The third kappa shape index (κ3) is 3.58. The quantitative estimate of drug-likeness (QED) is 0.375. The van der Waals surface area contributed by atoms with Gasteiger partial charge in [-0.05, 0) is 30.7 Å². The third-order valence-electron chi connectivity index (χ3n) is 2.19. The number of benzene rings is 1. The predicted molar refractivity (Wildman–Crippen MR) is 68.3 cm³/mol. The molecule has 0 bridgehead atoms. The van der Waals surface area contributed by atoms with Gasteiger partial charge in [0.05, 0.1) is 11.5 Å². The van der Waals surface area contributed by atoms with Gasteiger partial charge in [0.1, 0.15) is 5.69 Å². The van der Waals surface area contributed by atoms with Crippen LogP contribution in [0.3, 0.4) is 0 Å². The summed E-state index contributed by atoms with van der Waals surface area (Å²) in [6, 6.07) is 4.54. The number of carbonyl (C=O) groups excluding carboxylic acids is 1. The molecule has 1 aromatic rings. The van der Waals surface area contributed by atoms with Gasteiger partial charge in [-0.2, -0.15) is 0 Å². The fraction of sp³-hybridized carbons (Fsp3) is 0.250. The molecule has 0 fully saturated rings. The minimum atomic E-state index is -0.468. The molecule has 18 heavy (non-hydrogen) atoms. The Bertz CT molecular complexity index is 483. The van der Waals surface area contributed by atoms with Crippen LogP contribution in [-0.2, 0) is 9.53 Å². The molecule has 0 atom stereocenters. The number of nitrogens with one attached hydrogen (secondary N) is 1. The zero-order valence-corrected chi connectivity index (χ0v) is 10.2. The van der Waals surface area contributed by atoms with Crippen LogP contribution in [0.15, 0.2) is 24.3 Å². The molecule has 0 saturated carbocycles. The molecular formula is C12H14N2O4. The van der Waals surface area contributed by atoms with Gasteiger partial charge in [0.2, 0.25) is 0 Å². The maximum atomic E-state index is 11.1. The van der Waals surface area contributed by atoms with E-state index in [-0.39, 0.29) is 5.69 Å². The first-order chi connectivity index (χ1) is 8.58. The first-order valence-corrected chi connectivity index (χ1v) is 5.39. The number of nitro benzene ring substituents is 1. The van der Waals surface area contributed by atoms with E-state index in [0.717, 1.165) is 0 Å². The predicted octanol–water partition coefficient (Wildman–Crippen LogP) is 2.21. The fourth-order valence-corrected chi connectivity index (χ4v) is 1.37. The first kappa shape index (κ1) is 13.7. The molecule has 6 nitrogen and oxygen atoms in total. The van der Waals surface area contributed by atoms with Gasteiger partial charge >= 0.3 is 5.97 Å². The summed E-state index contributed by atoms with van der Waals surface area (Å²) in [5.74, 6) is -0.443. The summed E-state index contributed by atoms with van der Waals surface area (Å²) in [5.41, 5.74) is 1.06. The van der Waals surface area contributed by atoms with E-state index < -0.39 is 10.9 Å². The van der Waals surface area contributed by atoms with Crippen molar-refractivity contribution in [1.29, 1.82) is 0 Å². The molecule has 6 heteroatoms. The maximum absolute atomic E-state index is 11.1. The van der Waals surface area contributed by atoms with Crippen LogP contribution in [0.5, 0.6) is 0 Å². The van der Waals surface area contributed by atoms with Crippen molar-refractivity contribution in [2.45, 2.75) is 6.92 Å². The van der Waals surface area contributed by atoms with E-state index in [1.807, 2.05) is 0 Å². The van der Waals surface area contributed by atoms with Crippen LogP contribution in [0.2, 0.25) is 0 Å². The molecule has 0 aliphatic carbocycles. The van der Waals surface area contributed by atoms with Gasteiger partial charge in [0.15, 0.2) is 0 Å². The topological polar surface area (TPSA) is 81.5 Å². The normalized spacial score (nSPS) is 10.3. The molecule has 0 aliphatic rings. The average Bonchev–Trinajstić information content (AvgIpc) is 2.36. The Hall–Kier alpha value is -2.37. The Kier molecular flexibility index (Phi) is 4.86. The van der Waals surface area contributed by atoms with E-state index in [4.69, 9.17) is 4.74 Å². The Labute approximate surface area is 104 Å². The van der Waals surface area contributed by atoms with Crippen LogP contribution >= 0.6 is 0 Å². The minimum absolute atomic E-state index is 0.00853. The lowest BCUT2D eigenvalue weighted by Crippen LogP contribution is -1.99. The largest absolute Gasteiger partial charge is 0.463 e. The van der Waals surface area contributed by atoms with Crippen LogP contribution in [0.1, 0.15) is 12.5 Å². The second-order valence-electron chi connectivity index (χ2n) is 3.37. The highest BCUT2D eigenvalue weighted by Gasteiger charge is 2.11. The SMILES string of the molecule is CCOC(=O)/C=C/c1ccc([N+](=O)[O-])c(NC)c1. The Morgan fingerprint density at radius 2 is 2.28 bits per heavy atom. The lowest BCUT2D eigenvalue weighted by Gasteiger charge is -2.03. The van der Waals surface area contributed by atoms with Gasteiger partial charge in [0, 0.05) is 19.2 Å². The van der Waals surface area contributed by atoms with E-state index in [1.165, 1.54) is 12.1 Å². The van der Waals surface area contributed by atoms with Crippen molar-refractivity contribution in [2.75, 3.05) is 19.0 Å². The fourth-order valence-electron chi connectivity index (χ4n) is 1.37. The summed E-state index contributed by atoms with van der Waals surface area (Å²) in [6.45, 7) is 2.03. The summed E-state index contributed by atoms with van der Waals surface area (Å²) < 4.78 is 4.73. The van der Waals surface area contributed by atoms with Crippen molar-refractivity contribution in [3.8, 4) is 0 Å². The molecular weight excluding hydrogens is 236 g/mol. The van der Waals surface area contributed by atoms with Crippen LogP contribution in [0.25, 0.3) is 6.08 Å². The molecule has 0 unspecified atom stereocenters. The zero-order chi connectivity index (χ0) is 13.5. The molecule has 0 radical (unpaired) electrons. The van der Waals surface area contributed by atoms with Gasteiger partial charge in [-0.25, -0.2) is 4.79 Å². The van der Waals surface area contributed by atoms with Crippen molar-refractivity contribution >= 4 is 23.4 Å². The summed E-state index contributed by atoms with van der Waals surface area (Å²) in [7, 11) is 1.60. The molecule has 0 spiro atoms. The van der Waals surface area contributed by atoms with Crippen molar-refractivity contribution < 1.29 is 14.5 Å². The second-order valence-corrected chi connectivity index (χ2v) is 3.37. The van der Waals surface area contributed by atoms with Crippen molar-refractivity contribution in [2.24, 2.45) is 0 Å². The minimum Gasteiger partial charge on any atom is -0.463 e. The highest BCUT2D eigenvalue weighted by molar-refractivity contribution is 5.87. The van der Waals surface area contributed by atoms with Crippen molar-refractivity contribution in [1.82, 2.24) is 0 Å². The van der Waals surface area contributed by atoms with Crippen molar-refractivity contribution in [3.05, 3.63) is 40.0 Å². The molecule has 0 aliphatic heterocycles. The highest BCUT2D eigenvalue weighted by Crippen LogP contribution is 2.25. The van der Waals surface area contributed by atoms with Crippen LogP contribution in [0.4, 0.5) is 11.4 Å². The van der Waals surface area contributed by atoms with Crippen LogP contribution < -0.4 is 5.32 Å². The lowest BCUT2D eigenvalue weighted by molar-refractivity contribution is -0.383. The van der Waals surface area contributed by atoms with E-state index in [0.29, 0.717) is 17.9 Å². The summed E-state index contributed by atoms with van der Waals surface area (Å²) in [4.78, 5) is 21.4. The smallest absolute Gasteiger partial charge is 0.330 e. The molecule has 1 rings (SSSR count). The monoisotopic (exact) mass is 250 g/mol. The zero-order valence-electron chi connectivity index (χ0n) is 10.2. The number of carbonyl (C=O) groups is 1. The van der Waals surface area contributed by atoms with Gasteiger partial charge in [-0.1, -0.05) is 0 Å². The van der Waals surface area contributed by atoms with Crippen LogP contribution in [-0.4, -0.2) is 24.5 Å². The standard InChI is InChI=1S/C12H14N2O4/c1-3-18-12(15)7-5-9-4-6-11(14(16)17)10(8-9)13-2/h4-8,13H,3H2,1-2H3/b7-5+. The molecule has 0 aromatic heterocycles. The molecule has 0 amide bonds. The van der Waals surface area contributed by atoms with E-state index in [1.54, 1.807) is 32.2 Å². The molecule has 0 saturated heterocycles. The van der Waals surface area contributed by atoms with Gasteiger partial charge in [0.25, 0.3) is 5.69 Å². The van der Waals surface area contributed by atoms with Crippen LogP contribution in [0, 0.1) is 10.1 Å². The van der Waals surface area contributed by atoms with E-state index in [9.17, 15) is 14.9 Å². The number of nitro groups is 1. The molecule has 1 N–H and O–H groups in total. The van der Waals surface area contributed by atoms with Gasteiger partial charge in [-0.3, -0.25) is 10.1 Å². The number of hydrogen-bond acceptors (Lipinski definition) is 5. The van der Waals surface area contributed by atoms with Gasteiger partial charge in [-0.15, -0.1) is 0 Å². The molecule has 1 aromatic carbocycles. The second kappa shape index (κ2) is 6.39. The number of ether oxygens (including phenoxy) is 1. The Balaban J connectivity index is 2.92.